The Balaban J connectivity index is 0.964. The molecular formula is C62H44N2. The Labute approximate surface area is 375 Å². The van der Waals surface area contributed by atoms with Crippen molar-refractivity contribution >= 4 is 22.7 Å². The van der Waals surface area contributed by atoms with Crippen LogP contribution in [-0.2, 0) is 10.8 Å². The van der Waals surface area contributed by atoms with Crippen molar-refractivity contribution in [1.82, 2.24) is 0 Å². The van der Waals surface area contributed by atoms with Crippen molar-refractivity contribution in [2.45, 2.75) is 10.8 Å². The van der Waals surface area contributed by atoms with Gasteiger partial charge >= 0.3 is 0 Å². The molecule has 2 heterocycles. The maximum atomic E-state index is 3.84. The van der Waals surface area contributed by atoms with Gasteiger partial charge in [-0.25, -0.2) is 0 Å². The van der Waals surface area contributed by atoms with Crippen LogP contribution in [0.15, 0.2) is 255 Å². The van der Waals surface area contributed by atoms with Crippen LogP contribution in [0, 0.1) is 0 Å². The average Bonchev–Trinajstić information content (AvgIpc) is 3.38. The van der Waals surface area contributed by atoms with Gasteiger partial charge in [0.2, 0.25) is 0 Å². The summed E-state index contributed by atoms with van der Waals surface area (Å²) in [5.41, 5.74) is 20.5. The molecular weight excluding hydrogens is 773 g/mol. The molecule has 10 aromatic rings. The molecule has 0 fully saturated rings. The fourth-order valence-corrected chi connectivity index (χ4v) is 11.0. The zero-order chi connectivity index (χ0) is 42.5. The normalized spacial score (nSPS) is 13.8. The molecule has 2 N–H and O–H groups in total. The van der Waals surface area contributed by atoms with E-state index in [1.54, 1.807) is 0 Å². The first-order chi connectivity index (χ1) is 31.7. The van der Waals surface area contributed by atoms with Crippen molar-refractivity contribution in [1.29, 1.82) is 0 Å². The van der Waals surface area contributed by atoms with E-state index in [9.17, 15) is 0 Å². The van der Waals surface area contributed by atoms with Crippen molar-refractivity contribution in [2.24, 2.45) is 0 Å². The maximum Gasteiger partial charge on any atom is 0.0748 e. The van der Waals surface area contributed by atoms with Crippen LogP contribution in [0.5, 0.6) is 0 Å². The van der Waals surface area contributed by atoms with Crippen LogP contribution in [0.4, 0.5) is 22.7 Å². The largest absolute Gasteiger partial charge is 0.355 e. The molecule has 0 atom stereocenters. The van der Waals surface area contributed by atoms with E-state index in [0.717, 1.165) is 22.7 Å². The number of rotatable bonds is 7. The van der Waals surface area contributed by atoms with E-state index in [4.69, 9.17) is 0 Å². The van der Waals surface area contributed by atoms with E-state index in [0.29, 0.717) is 0 Å². The fraction of sp³-hybridized carbons (Fsp3) is 0.0323. The Morgan fingerprint density at radius 1 is 0.219 bits per heavy atom. The second-order valence-electron chi connectivity index (χ2n) is 16.9. The molecule has 2 nitrogen and oxygen atoms in total. The Morgan fingerprint density at radius 3 is 0.844 bits per heavy atom. The Bertz CT molecular complexity index is 2980. The first-order valence-electron chi connectivity index (χ1n) is 22.2. The number of para-hydroxylation sites is 2. The van der Waals surface area contributed by atoms with Crippen LogP contribution in [-0.4, -0.2) is 0 Å². The molecule has 0 saturated carbocycles. The molecule has 64 heavy (non-hydrogen) atoms. The topological polar surface area (TPSA) is 24.1 Å². The van der Waals surface area contributed by atoms with Gasteiger partial charge in [0.25, 0.3) is 0 Å². The highest BCUT2D eigenvalue weighted by molar-refractivity contribution is 5.91. The summed E-state index contributed by atoms with van der Waals surface area (Å²) in [7, 11) is 0. The molecule has 0 radical (unpaired) electrons. The zero-order valence-corrected chi connectivity index (χ0v) is 35.2. The first-order valence-corrected chi connectivity index (χ1v) is 22.2. The molecule has 0 saturated heterocycles. The van der Waals surface area contributed by atoms with Crippen LogP contribution in [0.3, 0.4) is 0 Å². The molecule has 2 heteroatoms. The van der Waals surface area contributed by atoms with Crippen LogP contribution in [0.1, 0.15) is 44.5 Å². The first kappa shape index (κ1) is 37.6. The Kier molecular flexibility index (Phi) is 8.98. The summed E-state index contributed by atoms with van der Waals surface area (Å²) in [6.07, 6.45) is 0. The lowest BCUT2D eigenvalue weighted by Crippen LogP contribution is -2.35. The minimum atomic E-state index is -0.544. The molecule has 0 aromatic heterocycles. The van der Waals surface area contributed by atoms with Crippen molar-refractivity contribution < 1.29 is 0 Å². The highest BCUT2D eigenvalue weighted by atomic mass is 14.9. The van der Waals surface area contributed by atoms with Gasteiger partial charge in [0, 0.05) is 33.9 Å². The number of hydrogen-bond acceptors (Lipinski definition) is 2. The molecule has 2 aliphatic heterocycles. The summed E-state index contributed by atoms with van der Waals surface area (Å²) in [5, 5.41) is 7.69. The predicted octanol–water partition coefficient (Wildman–Crippen LogP) is 15.6. The summed E-state index contributed by atoms with van der Waals surface area (Å²) >= 11 is 0. The van der Waals surface area contributed by atoms with Crippen molar-refractivity contribution in [3.05, 3.63) is 299 Å². The van der Waals surface area contributed by atoms with Crippen molar-refractivity contribution in [2.75, 3.05) is 10.6 Å². The van der Waals surface area contributed by atoms with Gasteiger partial charge < -0.3 is 10.6 Å². The number of anilines is 4. The van der Waals surface area contributed by atoms with Gasteiger partial charge in [-0.3, -0.25) is 0 Å². The number of benzene rings is 10. The van der Waals surface area contributed by atoms with Gasteiger partial charge in [-0.2, -0.15) is 0 Å². The molecule has 0 unspecified atom stereocenters. The Morgan fingerprint density at radius 2 is 0.500 bits per heavy atom. The molecule has 0 bridgehead atoms. The number of nitrogens with one attached hydrogen (secondary N) is 2. The van der Waals surface area contributed by atoms with E-state index in [1.165, 1.54) is 77.9 Å². The van der Waals surface area contributed by atoms with Crippen LogP contribution >= 0.6 is 0 Å². The van der Waals surface area contributed by atoms with E-state index in [-0.39, 0.29) is 0 Å². The standard InChI is InChI=1S/C62H44N2/c1-5-19-47(20-6-1)61(48-21-7-2-8-22-48)53-29-13-15-31-55(53)63-57-33-17-27-51(59(57)61)45-39-35-43(36-40-45)44-37-41-46(42-38-44)52-28-18-34-58-60(52)62(49-23-9-3-10-24-49,50-25-11-4-12-26-50)54-30-14-16-32-56(54)64-58/h1-42,63-64H. The van der Waals surface area contributed by atoms with E-state index < -0.39 is 10.8 Å². The SMILES string of the molecule is c1ccc(C2(c3ccccc3)c3ccccc3Nc3cccc(-c4ccc(-c5ccc(-c6cccc7c6C(c6ccccc6)(c6ccccc6)c6ccccc6N7)cc5)cc4)c32)cc1. The van der Waals surface area contributed by atoms with Gasteiger partial charge in [-0.15, -0.1) is 0 Å². The predicted molar refractivity (Wildman–Crippen MR) is 266 cm³/mol. The van der Waals surface area contributed by atoms with E-state index in [2.05, 4.69) is 265 Å². The average molecular weight is 817 g/mol. The molecule has 10 aromatic carbocycles. The second-order valence-corrected chi connectivity index (χ2v) is 16.9. The maximum absolute atomic E-state index is 3.84. The van der Waals surface area contributed by atoms with E-state index in [1.807, 2.05) is 0 Å². The van der Waals surface area contributed by atoms with Gasteiger partial charge in [0.1, 0.15) is 0 Å². The summed E-state index contributed by atoms with van der Waals surface area (Å²) in [6, 6.07) is 93.3. The summed E-state index contributed by atoms with van der Waals surface area (Å²) in [5.74, 6) is 0. The smallest absolute Gasteiger partial charge is 0.0748 e. The summed E-state index contributed by atoms with van der Waals surface area (Å²) in [4.78, 5) is 0. The van der Waals surface area contributed by atoms with Gasteiger partial charge in [-0.1, -0.05) is 231 Å². The third-order valence-corrected chi connectivity index (χ3v) is 13.6. The number of hydrogen-bond donors (Lipinski definition) is 2. The third-order valence-electron chi connectivity index (χ3n) is 13.6. The van der Waals surface area contributed by atoms with Crippen molar-refractivity contribution in [3.63, 3.8) is 0 Å². The zero-order valence-electron chi connectivity index (χ0n) is 35.2. The second kappa shape index (κ2) is 15.3. The molecule has 0 aliphatic carbocycles. The molecule has 0 spiro atoms. The summed E-state index contributed by atoms with van der Waals surface area (Å²) < 4.78 is 0. The van der Waals surface area contributed by atoms with E-state index >= 15 is 0 Å². The van der Waals surface area contributed by atoms with Gasteiger partial charge in [-0.05, 0) is 91.0 Å². The summed E-state index contributed by atoms with van der Waals surface area (Å²) in [6.45, 7) is 0. The third kappa shape index (κ3) is 5.73. The fourth-order valence-electron chi connectivity index (χ4n) is 11.0. The Hall–Kier alpha value is -8.20. The van der Waals surface area contributed by atoms with Gasteiger partial charge in [0.15, 0.2) is 0 Å². The molecule has 12 rings (SSSR count). The highest BCUT2D eigenvalue weighted by Crippen LogP contribution is 2.58. The lowest BCUT2D eigenvalue weighted by molar-refractivity contribution is 0.742. The number of fused-ring (bicyclic) bond motifs is 4. The lowest BCUT2D eigenvalue weighted by Gasteiger charge is -2.43. The van der Waals surface area contributed by atoms with Crippen molar-refractivity contribution in [3.8, 4) is 33.4 Å². The van der Waals surface area contributed by atoms with Crippen LogP contribution in [0.25, 0.3) is 33.4 Å². The minimum Gasteiger partial charge on any atom is -0.355 e. The molecule has 302 valence electrons. The quantitative estimate of drug-likeness (QED) is 0.167. The highest BCUT2D eigenvalue weighted by Gasteiger charge is 2.47. The van der Waals surface area contributed by atoms with Crippen LogP contribution < -0.4 is 10.6 Å². The molecule has 0 amide bonds. The van der Waals surface area contributed by atoms with Crippen LogP contribution in [0.2, 0.25) is 0 Å². The molecule has 2 aliphatic rings. The lowest BCUT2D eigenvalue weighted by atomic mass is 9.61. The van der Waals surface area contributed by atoms with Gasteiger partial charge in [0.05, 0.1) is 10.8 Å². The monoisotopic (exact) mass is 816 g/mol. The minimum absolute atomic E-state index is 0.544.